The molecule has 0 bridgehead atoms. The Balaban J connectivity index is 2.25. The summed E-state index contributed by atoms with van der Waals surface area (Å²) in [7, 11) is 1.72. The summed E-state index contributed by atoms with van der Waals surface area (Å²) in [6.45, 7) is 7.45. The molecule has 1 heterocycles. The van der Waals surface area contributed by atoms with Gasteiger partial charge in [-0.2, -0.15) is 13.2 Å². The van der Waals surface area contributed by atoms with Gasteiger partial charge in [-0.05, 0) is 38.1 Å². The predicted octanol–water partition coefficient (Wildman–Crippen LogP) is 3.25. The van der Waals surface area contributed by atoms with Gasteiger partial charge in [0.05, 0.1) is 6.54 Å². The number of halogens is 3. The molecule has 0 spiro atoms. The Kier molecular flexibility index (Phi) is 8.87. The third-order valence-corrected chi connectivity index (χ3v) is 4.36. The molecule has 0 aromatic heterocycles. The van der Waals surface area contributed by atoms with Crippen molar-refractivity contribution in [2.24, 2.45) is 16.8 Å². The van der Waals surface area contributed by atoms with E-state index in [4.69, 9.17) is 0 Å². The van der Waals surface area contributed by atoms with Crippen LogP contribution in [0, 0.1) is 11.8 Å². The molecule has 0 amide bonds. The van der Waals surface area contributed by atoms with Gasteiger partial charge >= 0.3 is 6.18 Å². The number of aliphatic imine (C=N–C) groups is 1. The van der Waals surface area contributed by atoms with Gasteiger partial charge in [-0.25, -0.2) is 0 Å². The second-order valence-electron chi connectivity index (χ2n) is 7.33. The first-order chi connectivity index (χ1) is 11.2. The monoisotopic (exact) mass is 350 g/mol. The standard InChI is InChI=1S/C17H33F3N4/c1-13(2)6-5-7-14(3)23-16(21-4)22-10-15-8-9-24(11-15)12-17(18,19)20/h13-15H,5-12H2,1-4H3,(H2,21,22,23). The minimum atomic E-state index is -4.11. The third kappa shape index (κ3) is 9.35. The minimum Gasteiger partial charge on any atom is -0.356 e. The number of guanidine groups is 1. The molecule has 1 rings (SSSR count). The highest BCUT2D eigenvalue weighted by Gasteiger charge is 2.34. The first-order valence-corrected chi connectivity index (χ1v) is 8.96. The highest BCUT2D eigenvalue weighted by atomic mass is 19.4. The molecule has 0 aliphatic carbocycles. The molecular formula is C17H33F3N4. The molecule has 0 saturated carbocycles. The molecule has 2 atom stereocenters. The number of nitrogens with zero attached hydrogens (tertiary/aromatic N) is 2. The van der Waals surface area contributed by atoms with E-state index in [1.165, 1.54) is 17.7 Å². The molecule has 1 saturated heterocycles. The van der Waals surface area contributed by atoms with Gasteiger partial charge in [-0.15, -0.1) is 0 Å². The van der Waals surface area contributed by atoms with E-state index in [1.807, 2.05) is 0 Å². The van der Waals surface area contributed by atoms with E-state index in [-0.39, 0.29) is 5.92 Å². The number of alkyl halides is 3. The van der Waals surface area contributed by atoms with Crippen LogP contribution in [0.25, 0.3) is 0 Å². The van der Waals surface area contributed by atoms with Crippen LogP contribution < -0.4 is 10.6 Å². The Labute approximate surface area is 144 Å². The molecule has 142 valence electrons. The minimum absolute atomic E-state index is 0.238. The van der Waals surface area contributed by atoms with E-state index in [0.717, 1.165) is 24.7 Å². The first-order valence-electron chi connectivity index (χ1n) is 8.96. The molecule has 2 unspecified atom stereocenters. The average Bonchev–Trinajstić information content (AvgIpc) is 2.88. The van der Waals surface area contributed by atoms with E-state index in [9.17, 15) is 13.2 Å². The van der Waals surface area contributed by atoms with Crippen molar-refractivity contribution in [3.63, 3.8) is 0 Å². The summed E-state index contributed by atoms with van der Waals surface area (Å²) in [5, 5.41) is 6.61. The zero-order valence-corrected chi connectivity index (χ0v) is 15.4. The summed E-state index contributed by atoms with van der Waals surface area (Å²) >= 11 is 0. The lowest BCUT2D eigenvalue weighted by molar-refractivity contribution is -0.143. The Bertz CT molecular complexity index is 383. The predicted molar refractivity (Wildman–Crippen MR) is 93.3 cm³/mol. The lowest BCUT2D eigenvalue weighted by Crippen LogP contribution is -2.44. The smallest absolute Gasteiger partial charge is 0.356 e. The highest BCUT2D eigenvalue weighted by Crippen LogP contribution is 2.22. The van der Waals surface area contributed by atoms with Gasteiger partial charge in [0.15, 0.2) is 5.96 Å². The normalized spacial score (nSPS) is 21.3. The Morgan fingerprint density at radius 3 is 2.54 bits per heavy atom. The fourth-order valence-electron chi connectivity index (χ4n) is 3.05. The number of hydrogen-bond donors (Lipinski definition) is 2. The zero-order valence-electron chi connectivity index (χ0n) is 15.4. The fraction of sp³-hybridized carbons (Fsp3) is 0.941. The Morgan fingerprint density at radius 2 is 1.96 bits per heavy atom. The molecule has 24 heavy (non-hydrogen) atoms. The summed E-state index contributed by atoms with van der Waals surface area (Å²) in [4.78, 5) is 5.69. The molecule has 0 aromatic rings. The van der Waals surface area contributed by atoms with Crippen molar-refractivity contribution >= 4 is 5.96 Å². The Hall–Kier alpha value is -0.980. The Morgan fingerprint density at radius 1 is 1.25 bits per heavy atom. The largest absolute Gasteiger partial charge is 0.401 e. The molecule has 2 N–H and O–H groups in total. The van der Waals surface area contributed by atoms with Crippen molar-refractivity contribution < 1.29 is 13.2 Å². The van der Waals surface area contributed by atoms with Crippen molar-refractivity contribution in [1.29, 1.82) is 0 Å². The van der Waals surface area contributed by atoms with Crippen LogP contribution in [0.2, 0.25) is 0 Å². The molecule has 1 aliphatic rings. The highest BCUT2D eigenvalue weighted by molar-refractivity contribution is 5.79. The van der Waals surface area contributed by atoms with Crippen molar-refractivity contribution in [2.75, 3.05) is 33.2 Å². The summed E-state index contributed by atoms with van der Waals surface area (Å²) < 4.78 is 37.2. The van der Waals surface area contributed by atoms with Gasteiger partial charge in [0.1, 0.15) is 0 Å². The molecule has 0 aromatic carbocycles. The van der Waals surface area contributed by atoms with E-state index >= 15 is 0 Å². The van der Waals surface area contributed by atoms with Crippen molar-refractivity contribution in [2.45, 2.75) is 58.7 Å². The van der Waals surface area contributed by atoms with Gasteiger partial charge in [0.25, 0.3) is 0 Å². The number of hydrogen-bond acceptors (Lipinski definition) is 2. The maximum absolute atomic E-state index is 12.4. The second-order valence-corrected chi connectivity index (χ2v) is 7.33. The first kappa shape index (κ1) is 21.1. The topological polar surface area (TPSA) is 39.7 Å². The van der Waals surface area contributed by atoms with Crippen molar-refractivity contribution in [3.05, 3.63) is 0 Å². The second kappa shape index (κ2) is 10.1. The SMILES string of the molecule is CN=C(NCC1CCN(CC(F)(F)F)C1)NC(C)CCCC(C)C. The van der Waals surface area contributed by atoms with Gasteiger partial charge in [-0.1, -0.05) is 26.7 Å². The molecule has 0 radical (unpaired) electrons. The quantitative estimate of drug-likeness (QED) is 0.521. The average molecular weight is 350 g/mol. The number of likely N-dealkylation sites (tertiary alicyclic amines) is 1. The van der Waals surface area contributed by atoms with Crippen LogP contribution in [0.15, 0.2) is 4.99 Å². The maximum atomic E-state index is 12.4. The van der Waals surface area contributed by atoms with Crippen LogP contribution in [-0.2, 0) is 0 Å². The van der Waals surface area contributed by atoms with E-state index in [2.05, 4.69) is 36.4 Å². The number of rotatable bonds is 8. The van der Waals surface area contributed by atoms with Gasteiger partial charge in [0.2, 0.25) is 0 Å². The molecule has 1 aliphatic heterocycles. The molecule has 7 heteroatoms. The summed E-state index contributed by atoms with van der Waals surface area (Å²) in [5.74, 6) is 1.69. The summed E-state index contributed by atoms with van der Waals surface area (Å²) in [6.07, 6.45) is 0.171. The van der Waals surface area contributed by atoms with Crippen LogP contribution in [0.3, 0.4) is 0 Å². The van der Waals surface area contributed by atoms with Crippen LogP contribution >= 0.6 is 0 Å². The van der Waals surface area contributed by atoms with Crippen LogP contribution in [0.4, 0.5) is 13.2 Å². The summed E-state index contributed by atoms with van der Waals surface area (Å²) in [6, 6.07) is 0.334. The number of nitrogens with one attached hydrogen (secondary N) is 2. The van der Waals surface area contributed by atoms with E-state index in [1.54, 1.807) is 7.05 Å². The third-order valence-electron chi connectivity index (χ3n) is 4.36. The fourth-order valence-corrected chi connectivity index (χ4v) is 3.05. The van der Waals surface area contributed by atoms with Gasteiger partial charge in [0, 0.05) is 26.2 Å². The molecule has 4 nitrogen and oxygen atoms in total. The lowest BCUT2D eigenvalue weighted by Gasteiger charge is -2.20. The molecular weight excluding hydrogens is 317 g/mol. The van der Waals surface area contributed by atoms with Crippen molar-refractivity contribution in [3.8, 4) is 0 Å². The van der Waals surface area contributed by atoms with E-state index in [0.29, 0.717) is 25.7 Å². The van der Waals surface area contributed by atoms with Gasteiger partial charge in [-0.3, -0.25) is 9.89 Å². The zero-order chi connectivity index (χ0) is 18.2. The lowest BCUT2D eigenvalue weighted by atomic mass is 10.0. The molecule has 1 fully saturated rings. The van der Waals surface area contributed by atoms with Gasteiger partial charge < -0.3 is 10.6 Å². The van der Waals surface area contributed by atoms with E-state index < -0.39 is 12.7 Å². The summed E-state index contributed by atoms with van der Waals surface area (Å²) in [5.41, 5.74) is 0. The van der Waals surface area contributed by atoms with Crippen LogP contribution in [0.1, 0.15) is 46.5 Å². The van der Waals surface area contributed by atoms with Crippen LogP contribution in [-0.4, -0.2) is 56.3 Å². The van der Waals surface area contributed by atoms with Crippen LogP contribution in [0.5, 0.6) is 0 Å². The van der Waals surface area contributed by atoms with Crippen molar-refractivity contribution in [1.82, 2.24) is 15.5 Å². The maximum Gasteiger partial charge on any atom is 0.401 e.